The van der Waals surface area contributed by atoms with Gasteiger partial charge in [0.15, 0.2) is 11.5 Å². The minimum atomic E-state index is -0.199. The Kier molecular flexibility index (Phi) is 3.25. The van der Waals surface area contributed by atoms with Crippen molar-refractivity contribution < 1.29 is 9.47 Å². The molecule has 2 aromatic rings. The highest BCUT2D eigenvalue weighted by Crippen LogP contribution is 2.44. The van der Waals surface area contributed by atoms with Gasteiger partial charge in [0.25, 0.3) is 0 Å². The Morgan fingerprint density at radius 2 is 2.00 bits per heavy atom. The maximum absolute atomic E-state index is 6.08. The van der Waals surface area contributed by atoms with Gasteiger partial charge in [0.05, 0.1) is 10.7 Å². The molecule has 0 aromatic heterocycles. The summed E-state index contributed by atoms with van der Waals surface area (Å²) in [6.07, 6.45) is 0.876. The van der Waals surface area contributed by atoms with Gasteiger partial charge in [0.2, 0.25) is 0 Å². The molecule has 1 aliphatic rings. The van der Waals surface area contributed by atoms with E-state index in [9.17, 15) is 0 Å². The normalized spacial score (nSPS) is 15.4. The lowest BCUT2D eigenvalue weighted by Crippen LogP contribution is -2.24. The number of fused-ring (bicyclic) bond motifs is 1. The molecule has 0 aliphatic carbocycles. The van der Waals surface area contributed by atoms with Gasteiger partial charge >= 0.3 is 0 Å². The summed E-state index contributed by atoms with van der Waals surface area (Å²) in [6.45, 7) is 6.08. The van der Waals surface area contributed by atoms with Crippen LogP contribution in [0.5, 0.6) is 17.2 Å². The van der Waals surface area contributed by atoms with E-state index in [4.69, 9.17) is 26.8 Å². The molecule has 0 spiro atoms. The Labute approximate surface area is 129 Å². The van der Waals surface area contributed by atoms with Crippen LogP contribution in [0.25, 0.3) is 0 Å². The molecule has 2 aromatic carbocycles. The second-order valence-electron chi connectivity index (χ2n) is 6.02. The number of benzene rings is 2. The third kappa shape index (κ3) is 2.66. The van der Waals surface area contributed by atoms with Gasteiger partial charge in [-0.25, -0.2) is 0 Å². The molecule has 0 radical (unpaired) electrons. The molecule has 0 bridgehead atoms. The molecule has 0 saturated heterocycles. The van der Waals surface area contributed by atoms with Crippen LogP contribution < -0.4 is 15.2 Å². The predicted molar refractivity (Wildman–Crippen MR) is 85.5 cm³/mol. The van der Waals surface area contributed by atoms with E-state index < -0.39 is 0 Å². The van der Waals surface area contributed by atoms with Crippen LogP contribution in [-0.4, -0.2) is 5.60 Å². The number of hydrogen-bond acceptors (Lipinski definition) is 3. The number of para-hydroxylation sites is 1. The predicted octanol–water partition coefficient (Wildman–Crippen LogP) is 4.74. The number of hydrogen-bond donors (Lipinski definition) is 1. The topological polar surface area (TPSA) is 44.5 Å². The van der Waals surface area contributed by atoms with Gasteiger partial charge in [0, 0.05) is 18.1 Å². The summed E-state index contributed by atoms with van der Waals surface area (Å²) in [6, 6.07) is 9.51. The third-order valence-corrected chi connectivity index (χ3v) is 3.90. The molecule has 3 rings (SSSR count). The van der Waals surface area contributed by atoms with Gasteiger partial charge in [-0.3, -0.25) is 0 Å². The lowest BCUT2D eigenvalue weighted by Gasteiger charge is -2.18. The van der Waals surface area contributed by atoms with Crippen LogP contribution in [0.3, 0.4) is 0 Å². The monoisotopic (exact) mass is 303 g/mol. The number of halogens is 1. The first-order valence-corrected chi connectivity index (χ1v) is 7.28. The van der Waals surface area contributed by atoms with Crippen LogP contribution in [0.1, 0.15) is 25.0 Å². The van der Waals surface area contributed by atoms with E-state index in [0.29, 0.717) is 22.2 Å². The second kappa shape index (κ2) is 4.85. The van der Waals surface area contributed by atoms with Crippen molar-refractivity contribution in [1.82, 2.24) is 0 Å². The lowest BCUT2D eigenvalue weighted by atomic mass is 10.0. The van der Waals surface area contributed by atoms with Crippen molar-refractivity contribution >= 4 is 17.3 Å². The summed E-state index contributed by atoms with van der Waals surface area (Å²) in [4.78, 5) is 0. The number of ether oxygens (including phenoxy) is 2. The van der Waals surface area contributed by atoms with Gasteiger partial charge in [0.1, 0.15) is 11.4 Å². The first-order valence-electron chi connectivity index (χ1n) is 6.90. The van der Waals surface area contributed by atoms with Gasteiger partial charge in [-0.05, 0) is 38.5 Å². The highest BCUT2D eigenvalue weighted by molar-refractivity contribution is 6.33. The highest BCUT2D eigenvalue weighted by Gasteiger charge is 2.32. The van der Waals surface area contributed by atoms with Crippen LogP contribution in [0, 0.1) is 6.92 Å². The van der Waals surface area contributed by atoms with Crippen molar-refractivity contribution in [3.05, 3.63) is 46.5 Å². The number of nitrogen functional groups attached to an aromatic ring is 1. The van der Waals surface area contributed by atoms with E-state index in [2.05, 4.69) is 19.9 Å². The molecule has 2 N–H and O–H groups in total. The molecule has 0 amide bonds. The molecule has 4 heteroatoms. The highest BCUT2D eigenvalue weighted by atomic mass is 35.5. The van der Waals surface area contributed by atoms with Crippen molar-refractivity contribution in [1.29, 1.82) is 0 Å². The SMILES string of the molecule is Cc1cc(N)c(Cl)cc1Oc1cccc2c1OC(C)(C)C2. The minimum Gasteiger partial charge on any atom is -0.483 e. The maximum atomic E-state index is 6.08. The molecule has 3 nitrogen and oxygen atoms in total. The molecular formula is C17H18ClNO2. The average molecular weight is 304 g/mol. The van der Waals surface area contributed by atoms with Crippen molar-refractivity contribution in [2.75, 3.05) is 5.73 Å². The molecule has 110 valence electrons. The summed E-state index contributed by atoms with van der Waals surface area (Å²) < 4.78 is 12.0. The molecule has 21 heavy (non-hydrogen) atoms. The number of nitrogens with two attached hydrogens (primary N) is 1. The van der Waals surface area contributed by atoms with Gasteiger partial charge in [-0.2, -0.15) is 0 Å². The lowest BCUT2D eigenvalue weighted by molar-refractivity contribution is 0.135. The van der Waals surface area contributed by atoms with Crippen molar-refractivity contribution in [2.24, 2.45) is 0 Å². The first kappa shape index (κ1) is 14.1. The smallest absolute Gasteiger partial charge is 0.169 e. The summed E-state index contributed by atoms with van der Waals surface area (Å²) in [5.74, 6) is 2.22. The Balaban J connectivity index is 1.98. The summed E-state index contributed by atoms with van der Waals surface area (Å²) in [7, 11) is 0. The van der Waals surface area contributed by atoms with Crippen LogP contribution in [0.4, 0.5) is 5.69 Å². The van der Waals surface area contributed by atoms with Crippen LogP contribution in [0.15, 0.2) is 30.3 Å². The number of aryl methyl sites for hydroxylation is 1. The fraction of sp³-hybridized carbons (Fsp3) is 0.294. The van der Waals surface area contributed by atoms with Gasteiger partial charge < -0.3 is 15.2 Å². The van der Waals surface area contributed by atoms with E-state index in [1.807, 2.05) is 25.1 Å². The van der Waals surface area contributed by atoms with Gasteiger partial charge in [-0.15, -0.1) is 0 Å². The zero-order valence-electron chi connectivity index (χ0n) is 12.4. The average Bonchev–Trinajstić information content (AvgIpc) is 2.71. The molecule has 0 atom stereocenters. The summed E-state index contributed by atoms with van der Waals surface area (Å²) >= 11 is 6.08. The van der Waals surface area contributed by atoms with E-state index >= 15 is 0 Å². The first-order chi connectivity index (χ1) is 9.85. The quantitative estimate of drug-likeness (QED) is 0.815. The zero-order chi connectivity index (χ0) is 15.2. The Hall–Kier alpha value is -1.87. The molecule has 0 fully saturated rings. The fourth-order valence-electron chi connectivity index (χ4n) is 2.58. The van der Waals surface area contributed by atoms with Crippen molar-refractivity contribution in [2.45, 2.75) is 32.8 Å². The number of anilines is 1. The van der Waals surface area contributed by atoms with Crippen molar-refractivity contribution in [3.63, 3.8) is 0 Å². The van der Waals surface area contributed by atoms with Crippen LogP contribution in [0.2, 0.25) is 5.02 Å². The molecule has 1 heterocycles. The number of rotatable bonds is 2. The maximum Gasteiger partial charge on any atom is 0.169 e. The fourth-order valence-corrected chi connectivity index (χ4v) is 2.74. The van der Waals surface area contributed by atoms with Gasteiger partial charge in [-0.1, -0.05) is 23.7 Å². The molecular weight excluding hydrogens is 286 g/mol. The Morgan fingerprint density at radius 3 is 2.76 bits per heavy atom. The van der Waals surface area contributed by atoms with Crippen LogP contribution >= 0.6 is 11.6 Å². The van der Waals surface area contributed by atoms with E-state index in [1.165, 1.54) is 0 Å². The standard InChI is InChI=1S/C17H18ClNO2/c1-10-7-13(19)12(18)8-15(10)20-14-6-4-5-11-9-17(2,3)21-16(11)14/h4-8H,9,19H2,1-3H3. The van der Waals surface area contributed by atoms with E-state index in [1.54, 1.807) is 6.07 Å². The molecule has 0 saturated carbocycles. The molecule has 0 unspecified atom stereocenters. The third-order valence-electron chi connectivity index (χ3n) is 3.57. The zero-order valence-corrected chi connectivity index (χ0v) is 13.1. The van der Waals surface area contributed by atoms with Crippen molar-refractivity contribution in [3.8, 4) is 17.2 Å². The Morgan fingerprint density at radius 1 is 1.24 bits per heavy atom. The van der Waals surface area contributed by atoms with E-state index in [0.717, 1.165) is 23.3 Å². The molecule has 1 aliphatic heterocycles. The van der Waals surface area contributed by atoms with Crippen LogP contribution in [-0.2, 0) is 6.42 Å². The largest absolute Gasteiger partial charge is 0.483 e. The second-order valence-corrected chi connectivity index (χ2v) is 6.43. The summed E-state index contributed by atoms with van der Waals surface area (Å²) in [5, 5.41) is 0.490. The van der Waals surface area contributed by atoms with E-state index in [-0.39, 0.29) is 5.60 Å². The summed E-state index contributed by atoms with van der Waals surface area (Å²) in [5.41, 5.74) is 8.25. The minimum absolute atomic E-state index is 0.199. The Bertz CT molecular complexity index is 710.